The Balaban J connectivity index is 0.00000208. The maximum atomic E-state index is 11.7. The van der Waals surface area contributed by atoms with Crippen LogP contribution >= 0.6 is 24.0 Å². The second kappa shape index (κ2) is 9.10. The van der Waals surface area contributed by atoms with E-state index in [0.717, 1.165) is 31.6 Å². The summed E-state index contributed by atoms with van der Waals surface area (Å²) in [5.74, 6) is 1.59. The number of amides is 1. The van der Waals surface area contributed by atoms with Crippen LogP contribution in [0.4, 0.5) is 0 Å². The molecule has 1 unspecified atom stereocenters. The van der Waals surface area contributed by atoms with Crippen molar-refractivity contribution in [2.75, 3.05) is 19.6 Å². The Morgan fingerprint density at radius 3 is 2.79 bits per heavy atom. The van der Waals surface area contributed by atoms with Crippen LogP contribution in [0.25, 0.3) is 0 Å². The summed E-state index contributed by atoms with van der Waals surface area (Å²) in [4.78, 5) is 16.0. The summed E-state index contributed by atoms with van der Waals surface area (Å²) >= 11 is 0. The molecule has 1 aromatic rings. The number of halogens is 1. The van der Waals surface area contributed by atoms with Crippen molar-refractivity contribution in [3.05, 3.63) is 29.8 Å². The molecule has 1 amide bonds. The summed E-state index contributed by atoms with van der Waals surface area (Å²) < 4.78 is 5.90. The first-order valence-corrected chi connectivity index (χ1v) is 8.30. The quantitative estimate of drug-likeness (QED) is 0.353. The van der Waals surface area contributed by atoms with E-state index in [-0.39, 0.29) is 42.5 Å². The Kier molecular flexibility index (Phi) is 7.14. The number of nitrogens with zero attached hydrogens (tertiary/aromatic N) is 1. The van der Waals surface area contributed by atoms with Crippen LogP contribution < -0.4 is 20.7 Å². The van der Waals surface area contributed by atoms with Gasteiger partial charge in [-0.25, -0.2) is 4.99 Å². The zero-order valence-corrected chi connectivity index (χ0v) is 16.2. The van der Waals surface area contributed by atoms with Gasteiger partial charge in [0, 0.05) is 19.0 Å². The molecule has 1 aliphatic heterocycles. The second-order valence-electron chi connectivity index (χ2n) is 5.97. The van der Waals surface area contributed by atoms with Crippen LogP contribution in [0.3, 0.4) is 0 Å². The number of fused-ring (bicyclic) bond motifs is 1. The lowest BCUT2D eigenvalue weighted by Gasteiger charge is -2.15. The van der Waals surface area contributed by atoms with E-state index < -0.39 is 0 Å². The van der Waals surface area contributed by atoms with Gasteiger partial charge in [0.25, 0.3) is 0 Å². The van der Waals surface area contributed by atoms with E-state index in [0.29, 0.717) is 18.5 Å². The van der Waals surface area contributed by atoms with Crippen LogP contribution in [0, 0.1) is 0 Å². The highest BCUT2D eigenvalue weighted by Gasteiger charge is 2.23. The van der Waals surface area contributed by atoms with Crippen LogP contribution in [-0.2, 0) is 11.2 Å². The average Bonchev–Trinajstić information content (AvgIpc) is 3.25. The first-order valence-electron chi connectivity index (χ1n) is 8.30. The molecule has 1 saturated carbocycles. The van der Waals surface area contributed by atoms with Gasteiger partial charge >= 0.3 is 0 Å². The molecule has 0 aromatic heterocycles. The second-order valence-corrected chi connectivity index (χ2v) is 5.97. The van der Waals surface area contributed by atoms with E-state index in [9.17, 15) is 4.79 Å². The zero-order valence-electron chi connectivity index (χ0n) is 13.9. The predicted octanol–water partition coefficient (Wildman–Crippen LogP) is 1.44. The molecule has 3 N–H and O–H groups in total. The number of hydrogen-bond acceptors (Lipinski definition) is 3. The fourth-order valence-electron chi connectivity index (χ4n) is 2.57. The molecule has 3 rings (SSSR count). The van der Waals surface area contributed by atoms with Crippen molar-refractivity contribution in [2.24, 2.45) is 4.99 Å². The lowest BCUT2D eigenvalue weighted by molar-refractivity contribution is -0.119. The highest BCUT2D eigenvalue weighted by atomic mass is 127. The summed E-state index contributed by atoms with van der Waals surface area (Å²) in [5.41, 5.74) is 1.24. The van der Waals surface area contributed by atoms with Gasteiger partial charge in [0.1, 0.15) is 18.4 Å². The molecule has 1 fully saturated rings. The molecule has 1 aromatic carbocycles. The standard InChI is InChI=1S/C17H24N4O2.HI/c1-2-18-17(20-11-16(22)21-13-7-8-13)19-10-14-9-12-5-3-4-6-15(12)23-14;/h3-6,13-14H,2,7-11H2,1H3,(H,21,22)(H2,18,19,20);1H. The number of para-hydroxylation sites is 1. The number of ether oxygens (including phenoxy) is 1. The minimum Gasteiger partial charge on any atom is -0.488 e. The molecule has 24 heavy (non-hydrogen) atoms. The predicted molar refractivity (Wildman–Crippen MR) is 105 cm³/mol. The maximum Gasteiger partial charge on any atom is 0.242 e. The fourth-order valence-corrected chi connectivity index (χ4v) is 2.57. The molecule has 132 valence electrons. The van der Waals surface area contributed by atoms with E-state index in [1.54, 1.807) is 0 Å². The van der Waals surface area contributed by atoms with Crippen LogP contribution in [0.2, 0.25) is 0 Å². The smallest absolute Gasteiger partial charge is 0.242 e. The maximum absolute atomic E-state index is 11.7. The summed E-state index contributed by atoms with van der Waals surface area (Å²) in [7, 11) is 0. The van der Waals surface area contributed by atoms with Crippen molar-refractivity contribution in [1.29, 1.82) is 0 Å². The van der Waals surface area contributed by atoms with Crippen LogP contribution in [0.15, 0.2) is 29.3 Å². The largest absolute Gasteiger partial charge is 0.488 e. The minimum atomic E-state index is -0.0192. The van der Waals surface area contributed by atoms with Gasteiger partial charge in [0.05, 0.1) is 6.54 Å². The number of aliphatic imine (C=N–C) groups is 1. The Morgan fingerprint density at radius 1 is 1.29 bits per heavy atom. The number of guanidine groups is 1. The summed E-state index contributed by atoms with van der Waals surface area (Å²) in [5, 5.41) is 9.35. The Labute approximate surface area is 159 Å². The number of hydrogen-bond donors (Lipinski definition) is 3. The van der Waals surface area contributed by atoms with Gasteiger partial charge in [0.15, 0.2) is 5.96 Å². The topological polar surface area (TPSA) is 74.8 Å². The highest BCUT2D eigenvalue weighted by molar-refractivity contribution is 14.0. The van der Waals surface area contributed by atoms with E-state index >= 15 is 0 Å². The monoisotopic (exact) mass is 444 g/mol. The molecule has 1 heterocycles. The molecule has 6 nitrogen and oxygen atoms in total. The van der Waals surface area contributed by atoms with Gasteiger partial charge in [-0.15, -0.1) is 24.0 Å². The lowest BCUT2D eigenvalue weighted by Crippen LogP contribution is -2.43. The lowest BCUT2D eigenvalue weighted by atomic mass is 10.1. The van der Waals surface area contributed by atoms with Crippen molar-refractivity contribution in [2.45, 2.75) is 38.3 Å². The third-order valence-electron chi connectivity index (χ3n) is 3.88. The first-order chi connectivity index (χ1) is 11.2. The third-order valence-corrected chi connectivity index (χ3v) is 3.88. The molecule has 2 aliphatic rings. The summed E-state index contributed by atoms with van der Waals surface area (Å²) in [6, 6.07) is 8.48. The van der Waals surface area contributed by atoms with Crippen LogP contribution in [0.1, 0.15) is 25.3 Å². The summed E-state index contributed by atoms with van der Waals surface area (Å²) in [6.45, 7) is 3.56. The van der Waals surface area contributed by atoms with E-state index in [1.165, 1.54) is 5.56 Å². The number of rotatable bonds is 6. The van der Waals surface area contributed by atoms with Gasteiger partial charge in [-0.2, -0.15) is 0 Å². The molecule has 0 radical (unpaired) electrons. The Bertz CT molecular complexity index is 565. The van der Waals surface area contributed by atoms with Crippen molar-refractivity contribution in [3.63, 3.8) is 0 Å². The first kappa shape index (κ1) is 18.8. The van der Waals surface area contributed by atoms with Gasteiger partial charge in [-0.1, -0.05) is 18.2 Å². The van der Waals surface area contributed by atoms with Crippen molar-refractivity contribution in [1.82, 2.24) is 16.0 Å². The van der Waals surface area contributed by atoms with Gasteiger partial charge < -0.3 is 20.7 Å². The Morgan fingerprint density at radius 2 is 2.08 bits per heavy atom. The van der Waals surface area contributed by atoms with Crippen LogP contribution in [-0.4, -0.2) is 43.6 Å². The molecule has 0 spiro atoms. The van der Waals surface area contributed by atoms with Gasteiger partial charge in [0.2, 0.25) is 5.91 Å². The molecular weight excluding hydrogens is 419 g/mol. The highest BCUT2D eigenvalue weighted by Crippen LogP contribution is 2.27. The molecule has 1 aliphatic carbocycles. The van der Waals surface area contributed by atoms with Gasteiger partial charge in [-0.05, 0) is 31.4 Å². The van der Waals surface area contributed by atoms with Crippen molar-refractivity contribution in [3.8, 4) is 5.75 Å². The number of nitrogens with one attached hydrogen (secondary N) is 3. The van der Waals surface area contributed by atoms with Crippen molar-refractivity contribution >= 4 is 35.8 Å². The van der Waals surface area contributed by atoms with E-state index in [4.69, 9.17) is 4.74 Å². The van der Waals surface area contributed by atoms with Crippen molar-refractivity contribution < 1.29 is 9.53 Å². The fraction of sp³-hybridized carbons (Fsp3) is 0.529. The zero-order chi connectivity index (χ0) is 16.1. The van der Waals surface area contributed by atoms with Crippen LogP contribution in [0.5, 0.6) is 5.75 Å². The molecule has 0 bridgehead atoms. The SMILES string of the molecule is CCNC(=NCC(=O)NC1CC1)NCC1Cc2ccccc2O1.I. The number of carbonyl (C=O) groups excluding carboxylic acids is 1. The van der Waals surface area contributed by atoms with E-state index in [2.05, 4.69) is 27.0 Å². The number of benzene rings is 1. The molecule has 1 atom stereocenters. The third kappa shape index (κ3) is 5.54. The molecule has 0 saturated heterocycles. The normalized spacial score (nSPS) is 18.9. The van der Waals surface area contributed by atoms with Gasteiger partial charge in [-0.3, -0.25) is 4.79 Å². The number of carbonyl (C=O) groups is 1. The Hall–Kier alpha value is -1.51. The van der Waals surface area contributed by atoms with E-state index in [1.807, 2.05) is 25.1 Å². The minimum absolute atomic E-state index is 0. The molecular formula is C17H25IN4O2. The average molecular weight is 444 g/mol. The summed E-state index contributed by atoms with van der Waals surface area (Å²) in [6.07, 6.45) is 3.17. The molecule has 7 heteroatoms.